The molecule has 1 fully saturated rings. The number of nitrogens with zero attached hydrogens (tertiary/aromatic N) is 2. The summed E-state index contributed by atoms with van der Waals surface area (Å²) in [4.78, 5) is 14.7. The zero-order valence-electron chi connectivity index (χ0n) is 11.1. The second kappa shape index (κ2) is 5.45. The van der Waals surface area contributed by atoms with Crippen molar-refractivity contribution in [3.05, 3.63) is 22.4 Å². The maximum Gasteiger partial charge on any atom is 0.271 e. The van der Waals surface area contributed by atoms with Crippen molar-refractivity contribution in [3.8, 4) is 0 Å². The van der Waals surface area contributed by atoms with E-state index in [2.05, 4.69) is 35.1 Å². The summed E-state index contributed by atoms with van der Waals surface area (Å²) in [7, 11) is 0. The molecule has 4 nitrogen and oxygen atoms in total. The van der Waals surface area contributed by atoms with E-state index in [1.54, 1.807) is 0 Å². The van der Waals surface area contributed by atoms with Crippen LogP contribution in [0.1, 0.15) is 31.3 Å². The molecular formula is C13H20BrN3O. The van der Waals surface area contributed by atoms with Crippen LogP contribution in [0.25, 0.3) is 0 Å². The first-order chi connectivity index (χ1) is 8.54. The van der Waals surface area contributed by atoms with E-state index in [4.69, 9.17) is 0 Å². The van der Waals surface area contributed by atoms with Gasteiger partial charge in [-0.05, 0) is 42.8 Å². The van der Waals surface area contributed by atoms with Gasteiger partial charge in [-0.15, -0.1) is 0 Å². The van der Waals surface area contributed by atoms with Gasteiger partial charge in [0.1, 0.15) is 5.69 Å². The highest BCUT2D eigenvalue weighted by Gasteiger charge is 2.30. The molecule has 1 amide bonds. The molecule has 2 rings (SSSR count). The van der Waals surface area contributed by atoms with Crippen molar-refractivity contribution in [1.82, 2.24) is 14.8 Å². The Balaban J connectivity index is 2.29. The lowest BCUT2D eigenvalue weighted by Gasteiger charge is -2.39. The number of hydrogen-bond acceptors (Lipinski definition) is 2. The van der Waals surface area contributed by atoms with Crippen molar-refractivity contribution in [1.29, 1.82) is 0 Å². The lowest BCUT2D eigenvalue weighted by molar-refractivity contribution is 0.0533. The molecule has 0 aromatic carbocycles. The third-order valence-corrected chi connectivity index (χ3v) is 3.92. The number of carbonyl (C=O) groups is 1. The number of aromatic nitrogens is 1. The molecule has 100 valence electrons. The maximum atomic E-state index is 12.7. The Morgan fingerprint density at radius 3 is 2.61 bits per heavy atom. The Morgan fingerprint density at radius 2 is 2.06 bits per heavy atom. The highest BCUT2D eigenvalue weighted by atomic mass is 79.9. The van der Waals surface area contributed by atoms with E-state index in [0.29, 0.717) is 0 Å². The summed E-state index contributed by atoms with van der Waals surface area (Å²) in [5, 5.41) is 3.34. The fraction of sp³-hybridized carbons (Fsp3) is 0.615. The lowest BCUT2D eigenvalue weighted by atomic mass is 10.1. The average Bonchev–Trinajstić information content (AvgIpc) is 2.70. The minimum atomic E-state index is 0.129. The molecule has 1 saturated heterocycles. The van der Waals surface area contributed by atoms with Crippen LogP contribution in [-0.2, 0) is 6.54 Å². The first-order valence-corrected chi connectivity index (χ1v) is 7.23. The van der Waals surface area contributed by atoms with Gasteiger partial charge in [-0.3, -0.25) is 4.79 Å². The van der Waals surface area contributed by atoms with Crippen molar-refractivity contribution in [3.63, 3.8) is 0 Å². The number of piperazine rings is 1. The lowest BCUT2D eigenvalue weighted by Crippen LogP contribution is -2.57. The molecule has 0 saturated carbocycles. The van der Waals surface area contributed by atoms with Crippen molar-refractivity contribution < 1.29 is 4.79 Å². The number of rotatable bonds is 2. The Morgan fingerprint density at radius 1 is 1.44 bits per heavy atom. The SMILES string of the molecule is CCn1cc(Br)cc1C(=O)N1C(C)CNCC1C. The van der Waals surface area contributed by atoms with Gasteiger partial charge in [-0.25, -0.2) is 0 Å². The van der Waals surface area contributed by atoms with Gasteiger partial charge in [0.05, 0.1) is 0 Å². The number of halogens is 1. The number of hydrogen-bond donors (Lipinski definition) is 1. The van der Waals surface area contributed by atoms with Crippen LogP contribution in [0.15, 0.2) is 16.7 Å². The van der Waals surface area contributed by atoms with Gasteiger partial charge >= 0.3 is 0 Å². The van der Waals surface area contributed by atoms with Crippen LogP contribution >= 0.6 is 15.9 Å². The second-order valence-electron chi connectivity index (χ2n) is 4.90. The molecule has 1 aromatic rings. The van der Waals surface area contributed by atoms with E-state index in [1.807, 2.05) is 28.7 Å². The predicted octanol–water partition coefficient (Wildman–Crippen LogP) is 2.09. The van der Waals surface area contributed by atoms with Gasteiger partial charge in [-0.1, -0.05) is 0 Å². The Labute approximate surface area is 116 Å². The van der Waals surface area contributed by atoms with Gasteiger partial charge in [0.2, 0.25) is 0 Å². The van der Waals surface area contributed by atoms with Crippen LogP contribution in [-0.4, -0.2) is 40.5 Å². The second-order valence-corrected chi connectivity index (χ2v) is 5.81. The normalized spacial score (nSPS) is 24.3. The molecule has 1 aliphatic heterocycles. The van der Waals surface area contributed by atoms with Crippen molar-refractivity contribution in [2.75, 3.05) is 13.1 Å². The highest BCUT2D eigenvalue weighted by molar-refractivity contribution is 9.10. The molecule has 2 heterocycles. The predicted molar refractivity (Wildman–Crippen MR) is 75.8 cm³/mol. The quantitative estimate of drug-likeness (QED) is 0.908. The van der Waals surface area contributed by atoms with Gasteiger partial charge in [0.25, 0.3) is 5.91 Å². The largest absolute Gasteiger partial charge is 0.343 e. The molecule has 0 bridgehead atoms. The fourth-order valence-corrected chi connectivity index (χ4v) is 3.04. The summed E-state index contributed by atoms with van der Waals surface area (Å²) < 4.78 is 2.96. The highest BCUT2D eigenvalue weighted by Crippen LogP contribution is 2.20. The molecule has 2 unspecified atom stereocenters. The van der Waals surface area contributed by atoms with E-state index in [0.717, 1.165) is 29.8 Å². The zero-order valence-corrected chi connectivity index (χ0v) is 12.7. The summed E-state index contributed by atoms with van der Waals surface area (Å²) in [5.41, 5.74) is 0.768. The van der Waals surface area contributed by atoms with E-state index in [1.165, 1.54) is 0 Å². The molecule has 1 N–H and O–H groups in total. The van der Waals surface area contributed by atoms with Crippen molar-refractivity contribution in [2.24, 2.45) is 0 Å². The summed E-state index contributed by atoms with van der Waals surface area (Å²) >= 11 is 3.44. The van der Waals surface area contributed by atoms with Gasteiger partial charge in [-0.2, -0.15) is 0 Å². The number of carbonyl (C=O) groups excluding carboxylic acids is 1. The molecule has 5 heteroatoms. The zero-order chi connectivity index (χ0) is 13.3. The minimum Gasteiger partial charge on any atom is -0.343 e. The Hall–Kier alpha value is -0.810. The molecule has 1 aromatic heterocycles. The van der Waals surface area contributed by atoms with Crippen molar-refractivity contribution >= 4 is 21.8 Å². The summed E-state index contributed by atoms with van der Waals surface area (Å²) in [6.07, 6.45) is 1.96. The van der Waals surface area contributed by atoms with Crippen LogP contribution in [0, 0.1) is 0 Å². The number of nitrogens with one attached hydrogen (secondary N) is 1. The Kier molecular flexibility index (Phi) is 4.12. The van der Waals surface area contributed by atoms with Crippen LogP contribution in [0.3, 0.4) is 0 Å². The smallest absolute Gasteiger partial charge is 0.271 e. The fourth-order valence-electron chi connectivity index (χ4n) is 2.58. The van der Waals surface area contributed by atoms with Crippen LogP contribution < -0.4 is 5.32 Å². The Bertz CT molecular complexity index is 433. The number of amides is 1. The van der Waals surface area contributed by atoms with Crippen LogP contribution in [0.2, 0.25) is 0 Å². The standard InChI is InChI=1S/C13H20BrN3O/c1-4-16-8-11(14)5-12(16)13(18)17-9(2)6-15-7-10(17)3/h5,8-10,15H,4,6-7H2,1-3H3. The molecule has 0 aliphatic carbocycles. The average molecular weight is 314 g/mol. The van der Waals surface area contributed by atoms with Gasteiger partial charge < -0.3 is 14.8 Å². The molecule has 1 aliphatic rings. The van der Waals surface area contributed by atoms with Crippen LogP contribution in [0.5, 0.6) is 0 Å². The van der Waals surface area contributed by atoms with Gasteiger partial charge in [0.15, 0.2) is 0 Å². The minimum absolute atomic E-state index is 0.129. The first kappa shape index (κ1) is 13.6. The van der Waals surface area contributed by atoms with E-state index in [9.17, 15) is 4.79 Å². The van der Waals surface area contributed by atoms with E-state index >= 15 is 0 Å². The van der Waals surface area contributed by atoms with E-state index < -0.39 is 0 Å². The molecular weight excluding hydrogens is 294 g/mol. The third kappa shape index (κ3) is 2.47. The molecule has 2 atom stereocenters. The van der Waals surface area contributed by atoms with Crippen molar-refractivity contribution in [2.45, 2.75) is 39.4 Å². The summed E-state index contributed by atoms with van der Waals surface area (Å²) in [5.74, 6) is 0.129. The van der Waals surface area contributed by atoms with Crippen LogP contribution in [0.4, 0.5) is 0 Å². The topological polar surface area (TPSA) is 37.3 Å². The van der Waals surface area contributed by atoms with Gasteiger partial charge in [0, 0.05) is 42.4 Å². The molecule has 18 heavy (non-hydrogen) atoms. The molecule has 0 spiro atoms. The summed E-state index contributed by atoms with van der Waals surface area (Å²) in [6.45, 7) is 8.77. The monoisotopic (exact) mass is 313 g/mol. The third-order valence-electron chi connectivity index (χ3n) is 3.49. The van der Waals surface area contributed by atoms with E-state index in [-0.39, 0.29) is 18.0 Å². The first-order valence-electron chi connectivity index (χ1n) is 6.43. The molecule has 0 radical (unpaired) electrons. The maximum absolute atomic E-state index is 12.7. The number of aryl methyl sites for hydroxylation is 1. The summed E-state index contributed by atoms with van der Waals surface area (Å²) in [6, 6.07) is 2.38.